The summed E-state index contributed by atoms with van der Waals surface area (Å²) in [5, 5.41) is 0. The van der Waals surface area contributed by atoms with E-state index in [1.165, 1.54) is 3.57 Å². The summed E-state index contributed by atoms with van der Waals surface area (Å²) in [6, 6.07) is 10.8. The standard InChI is InChI=1S/C6H4I.Zn/c7-6-4-2-1-3-5-6;/h2-5H;/q-1;. The first-order chi connectivity index (χ1) is 3.39. The molecule has 0 saturated heterocycles. The van der Waals surface area contributed by atoms with E-state index in [1.54, 1.807) is 0 Å². The van der Waals surface area contributed by atoms with E-state index in [4.69, 9.17) is 0 Å². The molecule has 0 N–H and O–H groups in total. The fourth-order valence-corrected chi connectivity index (χ4v) is 0.726. The van der Waals surface area contributed by atoms with Gasteiger partial charge in [0.2, 0.25) is 0 Å². The van der Waals surface area contributed by atoms with Crippen LogP contribution in [0.15, 0.2) is 24.3 Å². The second kappa shape index (κ2) is 4.45. The summed E-state index contributed by atoms with van der Waals surface area (Å²) in [6.07, 6.45) is 0. The third-order valence-corrected chi connectivity index (χ3v) is 1.40. The first kappa shape index (κ1) is 8.57. The van der Waals surface area contributed by atoms with Gasteiger partial charge < -0.3 is 0 Å². The Hall–Kier alpha value is 0.573. The molecule has 0 fully saturated rings. The minimum absolute atomic E-state index is 0. The molecular formula is C6H4IZn-. The topological polar surface area (TPSA) is 0 Å². The molecule has 0 unspecified atom stereocenters. The predicted molar refractivity (Wildman–Crippen MR) is 38.0 cm³/mol. The average Bonchev–Trinajstić information content (AvgIpc) is 1.69. The Morgan fingerprint density at radius 3 is 2.00 bits per heavy atom. The van der Waals surface area contributed by atoms with Gasteiger partial charge in [-0.15, -0.1) is 0 Å². The van der Waals surface area contributed by atoms with E-state index < -0.39 is 0 Å². The van der Waals surface area contributed by atoms with Crippen LogP contribution in [0.1, 0.15) is 0 Å². The van der Waals surface area contributed by atoms with Gasteiger partial charge in [0.25, 0.3) is 0 Å². The van der Waals surface area contributed by atoms with Gasteiger partial charge in [0.15, 0.2) is 0 Å². The Kier molecular flexibility index (Phi) is 4.77. The first-order valence-electron chi connectivity index (χ1n) is 2.01. The van der Waals surface area contributed by atoms with Crippen LogP contribution in [0.3, 0.4) is 0 Å². The fraction of sp³-hybridized carbons (Fsp3) is 0. The van der Waals surface area contributed by atoms with Crippen molar-refractivity contribution in [3.05, 3.63) is 33.9 Å². The summed E-state index contributed by atoms with van der Waals surface area (Å²) < 4.78 is 1.26. The number of hydrogen-bond acceptors (Lipinski definition) is 0. The molecule has 0 spiro atoms. The van der Waals surface area contributed by atoms with Crippen molar-refractivity contribution in [1.29, 1.82) is 0 Å². The maximum atomic E-state index is 2.93. The van der Waals surface area contributed by atoms with Gasteiger partial charge in [0.1, 0.15) is 0 Å². The normalized spacial score (nSPS) is 7.62. The zero-order valence-electron chi connectivity index (χ0n) is 4.39. The summed E-state index contributed by atoms with van der Waals surface area (Å²) in [7, 11) is 0. The van der Waals surface area contributed by atoms with E-state index in [-0.39, 0.29) is 19.5 Å². The SMILES string of the molecule is Ic1cc[c-]cc1.[Zn]. The van der Waals surface area contributed by atoms with Crippen molar-refractivity contribution in [2.45, 2.75) is 0 Å². The Morgan fingerprint density at radius 1 is 1.25 bits per heavy atom. The van der Waals surface area contributed by atoms with Crippen molar-refractivity contribution in [3.8, 4) is 0 Å². The first-order valence-corrected chi connectivity index (χ1v) is 3.09. The van der Waals surface area contributed by atoms with Gasteiger partial charge in [-0.2, -0.15) is 30.3 Å². The third kappa shape index (κ3) is 2.78. The van der Waals surface area contributed by atoms with E-state index in [0.717, 1.165) is 0 Å². The van der Waals surface area contributed by atoms with E-state index in [9.17, 15) is 0 Å². The van der Waals surface area contributed by atoms with Crippen LogP contribution in [0.2, 0.25) is 0 Å². The van der Waals surface area contributed by atoms with E-state index >= 15 is 0 Å². The Morgan fingerprint density at radius 2 is 1.75 bits per heavy atom. The number of hydrogen-bond donors (Lipinski definition) is 0. The number of rotatable bonds is 0. The van der Waals surface area contributed by atoms with Gasteiger partial charge in [0, 0.05) is 19.5 Å². The molecule has 1 rings (SSSR count). The molecule has 1 aromatic carbocycles. The van der Waals surface area contributed by atoms with Crippen LogP contribution < -0.4 is 0 Å². The third-order valence-electron chi connectivity index (χ3n) is 0.678. The fourth-order valence-electron chi connectivity index (χ4n) is 0.367. The monoisotopic (exact) mass is 267 g/mol. The molecule has 0 bridgehead atoms. The molecule has 38 valence electrons. The largest absolute Gasteiger partial charge is 0.184 e. The van der Waals surface area contributed by atoms with Crippen LogP contribution >= 0.6 is 22.6 Å². The maximum Gasteiger partial charge on any atom is 0 e. The summed E-state index contributed by atoms with van der Waals surface area (Å²) in [4.78, 5) is 0. The van der Waals surface area contributed by atoms with Crippen molar-refractivity contribution in [3.63, 3.8) is 0 Å². The molecule has 0 nitrogen and oxygen atoms in total. The average molecular weight is 268 g/mol. The van der Waals surface area contributed by atoms with Crippen molar-refractivity contribution < 1.29 is 19.5 Å². The van der Waals surface area contributed by atoms with Crippen LogP contribution in [-0.4, -0.2) is 0 Å². The van der Waals surface area contributed by atoms with Crippen LogP contribution in [0.25, 0.3) is 0 Å². The molecule has 0 amide bonds. The number of benzene rings is 1. The van der Waals surface area contributed by atoms with Gasteiger partial charge in [-0.05, 0) is 0 Å². The molecule has 0 aromatic heterocycles. The molecule has 0 aliphatic rings. The summed E-state index contributed by atoms with van der Waals surface area (Å²) in [5.74, 6) is 0. The summed E-state index contributed by atoms with van der Waals surface area (Å²) >= 11 is 2.26. The number of halogens is 1. The van der Waals surface area contributed by atoms with Crippen LogP contribution in [0, 0.1) is 9.64 Å². The Bertz CT molecular complexity index is 138. The zero-order valence-corrected chi connectivity index (χ0v) is 9.52. The zero-order chi connectivity index (χ0) is 5.11. The van der Waals surface area contributed by atoms with Crippen molar-refractivity contribution >= 4 is 22.6 Å². The second-order valence-electron chi connectivity index (χ2n) is 1.22. The Labute approximate surface area is 75.6 Å². The van der Waals surface area contributed by atoms with Gasteiger partial charge in [-0.3, -0.25) is 0 Å². The minimum Gasteiger partial charge on any atom is -0.184 e. The molecule has 0 radical (unpaired) electrons. The predicted octanol–water partition coefficient (Wildman–Crippen LogP) is 2.09. The van der Waals surface area contributed by atoms with Crippen LogP contribution in [0.4, 0.5) is 0 Å². The molecule has 0 atom stereocenters. The maximum absolute atomic E-state index is 2.93. The van der Waals surface area contributed by atoms with E-state index in [1.807, 2.05) is 24.3 Å². The molecular weight excluding hydrogens is 264 g/mol. The molecule has 0 aliphatic heterocycles. The minimum atomic E-state index is 0. The van der Waals surface area contributed by atoms with Gasteiger partial charge in [0.05, 0.1) is 0 Å². The molecule has 1 aromatic rings. The molecule has 0 aliphatic carbocycles. The molecule has 0 heterocycles. The molecule has 2 heteroatoms. The van der Waals surface area contributed by atoms with Gasteiger partial charge >= 0.3 is 0 Å². The van der Waals surface area contributed by atoms with E-state index in [0.29, 0.717) is 0 Å². The van der Waals surface area contributed by atoms with Gasteiger partial charge in [-0.25, -0.2) is 0 Å². The molecule has 0 saturated carbocycles. The summed E-state index contributed by atoms with van der Waals surface area (Å²) in [6.45, 7) is 0. The van der Waals surface area contributed by atoms with Crippen LogP contribution in [0.5, 0.6) is 0 Å². The van der Waals surface area contributed by atoms with Gasteiger partial charge in [-0.1, -0.05) is 26.2 Å². The Balaban J connectivity index is 0.000000490. The van der Waals surface area contributed by atoms with Crippen molar-refractivity contribution in [2.24, 2.45) is 0 Å². The molecule has 8 heavy (non-hydrogen) atoms. The second-order valence-corrected chi connectivity index (χ2v) is 2.46. The van der Waals surface area contributed by atoms with E-state index in [2.05, 4.69) is 28.7 Å². The summed E-state index contributed by atoms with van der Waals surface area (Å²) in [5.41, 5.74) is 0. The quantitative estimate of drug-likeness (QED) is 0.384. The van der Waals surface area contributed by atoms with Crippen molar-refractivity contribution in [2.75, 3.05) is 0 Å². The van der Waals surface area contributed by atoms with Crippen molar-refractivity contribution in [1.82, 2.24) is 0 Å². The smallest absolute Gasteiger partial charge is 0 e. The van der Waals surface area contributed by atoms with Crippen LogP contribution in [-0.2, 0) is 19.5 Å².